The second-order valence-electron chi connectivity index (χ2n) is 4.46. The number of imidazole rings is 1. The zero-order valence-electron chi connectivity index (χ0n) is 9.36. The van der Waals surface area contributed by atoms with Crippen molar-refractivity contribution >= 4 is 21.4 Å². The third kappa shape index (κ3) is 2.05. The monoisotopic (exact) mass is 295 g/mol. The number of pyridine rings is 1. The predicted octanol–water partition coefficient (Wildman–Crippen LogP) is 2.10. The second kappa shape index (κ2) is 4.31. The molecule has 3 heterocycles. The number of aromatic nitrogens is 2. The topological polar surface area (TPSA) is 49.6 Å². The van der Waals surface area contributed by atoms with E-state index in [9.17, 15) is 5.11 Å². The van der Waals surface area contributed by atoms with Crippen LogP contribution in [0, 0.1) is 0 Å². The Balaban J connectivity index is 2.00. The molecule has 1 aliphatic rings. The van der Waals surface area contributed by atoms with E-state index in [4.69, 9.17) is 0 Å². The summed E-state index contributed by atoms with van der Waals surface area (Å²) in [7, 11) is 0. The summed E-state index contributed by atoms with van der Waals surface area (Å²) in [6.45, 7) is 1.10. The molecule has 0 radical (unpaired) electrons. The molecule has 0 saturated carbocycles. The maximum Gasteiger partial charge on any atom is 0.132 e. The second-order valence-corrected chi connectivity index (χ2v) is 5.21. The number of fused-ring (bicyclic) bond motifs is 1. The number of rotatable bonds is 2. The van der Waals surface area contributed by atoms with Crippen LogP contribution in [-0.2, 0) is 6.42 Å². The summed E-state index contributed by atoms with van der Waals surface area (Å²) in [6, 6.07) is 4.06. The molecule has 1 fully saturated rings. The average Bonchev–Trinajstić information content (AvgIpc) is 2.89. The molecular weight excluding hydrogens is 282 g/mol. The third-order valence-electron chi connectivity index (χ3n) is 3.24. The highest BCUT2D eigenvalue weighted by Crippen LogP contribution is 2.23. The summed E-state index contributed by atoms with van der Waals surface area (Å²) in [4.78, 5) is 4.52. The van der Waals surface area contributed by atoms with Gasteiger partial charge in [-0.05, 0) is 47.4 Å². The summed E-state index contributed by atoms with van der Waals surface area (Å²) in [5, 5.41) is 13.0. The predicted molar refractivity (Wildman–Crippen MR) is 69.3 cm³/mol. The van der Waals surface area contributed by atoms with Gasteiger partial charge in [-0.25, -0.2) is 4.98 Å². The van der Waals surface area contributed by atoms with Crippen LogP contribution in [0.5, 0.6) is 5.75 Å². The van der Waals surface area contributed by atoms with E-state index in [-0.39, 0.29) is 5.75 Å². The van der Waals surface area contributed by atoms with Gasteiger partial charge in [-0.15, -0.1) is 0 Å². The lowest BCUT2D eigenvalue weighted by molar-refractivity contribution is 0.471. The number of hydrogen-bond acceptors (Lipinski definition) is 3. The molecule has 2 aromatic rings. The van der Waals surface area contributed by atoms with E-state index >= 15 is 0 Å². The Morgan fingerprint density at radius 2 is 2.41 bits per heavy atom. The van der Waals surface area contributed by atoms with Gasteiger partial charge in [0.05, 0.1) is 11.7 Å². The van der Waals surface area contributed by atoms with Gasteiger partial charge in [-0.1, -0.05) is 0 Å². The number of nitrogens with zero attached hydrogens (tertiary/aromatic N) is 2. The molecule has 0 spiro atoms. The molecule has 4 nitrogen and oxygen atoms in total. The number of halogens is 1. The van der Waals surface area contributed by atoms with Crippen LogP contribution in [0.2, 0.25) is 0 Å². The molecular formula is C12H14BrN3O. The van der Waals surface area contributed by atoms with Gasteiger partial charge in [0.25, 0.3) is 0 Å². The Hall–Kier alpha value is -1.07. The molecule has 1 saturated heterocycles. The lowest BCUT2D eigenvalue weighted by Gasteiger charge is -2.08. The molecule has 5 heteroatoms. The molecule has 0 aliphatic carbocycles. The van der Waals surface area contributed by atoms with Crippen molar-refractivity contribution in [1.82, 2.24) is 14.7 Å². The number of nitrogens with one attached hydrogen (secondary N) is 1. The van der Waals surface area contributed by atoms with Gasteiger partial charge in [0.15, 0.2) is 0 Å². The zero-order valence-corrected chi connectivity index (χ0v) is 10.9. The van der Waals surface area contributed by atoms with E-state index in [1.807, 2.05) is 10.5 Å². The summed E-state index contributed by atoms with van der Waals surface area (Å²) in [5.41, 5.74) is 0.996. The highest BCUT2D eigenvalue weighted by molar-refractivity contribution is 9.10. The van der Waals surface area contributed by atoms with Crippen molar-refractivity contribution in [2.45, 2.75) is 25.3 Å². The highest BCUT2D eigenvalue weighted by atomic mass is 79.9. The molecule has 0 bridgehead atoms. The minimum atomic E-state index is 0.267. The van der Waals surface area contributed by atoms with Crippen molar-refractivity contribution in [2.24, 2.45) is 0 Å². The molecule has 1 aliphatic heterocycles. The van der Waals surface area contributed by atoms with Gasteiger partial charge in [-0.3, -0.25) is 4.40 Å². The summed E-state index contributed by atoms with van der Waals surface area (Å²) in [6.07, 6.45) is 5.05. The average molecular weight is 296 g/mol. The molecule has 2 aromatic heterocycles. The van der Waals surface area contributed by atoms with Crippen LogP contribution in [0.15, 0.2) is 22.9 Å². The lowest BCUT2D eigenvalue weighted by Crippen LogP contribution is -2.24. The molecule has 0 aromatic carbocycles. The lowest BCUT2D eigenvalue weighted by atomic mass is 10.1. The SMILES string of the molecule is Oc1ccc2c(Br)nc(CC3CCCN3)n2c1. The maximum atomic E-state index is 9.55. The maximum absolute atomic E-state index is 9.55. The van der Waals surface area contributed by atoms with Crippen molar-refractivity contribution in [3.8, 4) is 5.75 Å². The molecule has 2 N–H and O–H groups in total. The minimum Gasteiger partial charge on any atom is -0.506 e. The van der Waals surface area contributed by atoms with Gasteiger partial charge in [0, 0.05) is 12.5 Å². The van der Waals surface area contributed by atoms with Crippen LogP contribution < -0.4 is 5.32 Å². The van der Waals surface area contributed by atoms with Crippen LogP contribution in [0.4, 0.5) is 0 Å². The largest absolute Gasteiger partial charge is 0.506 e. The fraction of sp³-hybridized carbons (Fsp3) is 0.417. The first-order valence-electron chi connectivity index (χ1n) is 5.83. The van der Waals surface area contributed by atoms with Crippen LogP contribution in [-0.4, -0.2) is 27.1 Å². The molecule has 1 unspecified atom stereocenters. The van der Waals surface area contributed by atoms with Gasteiger partial charge >= 0.3 is 0 Å². The summed E-state index contributed by atoms with van der Waals surface area (Å²) in [5.74, 6) is 1.25. The first kappa shape index (κ1) is 11.0. The van der Waals surface area contributed by atoms with E-state index in [0.29, 0.717) is 6.04 Å². The number of aromatic hydroxyl groups is 1. The Morgan fingerprint density at radius 1 is 1.53 bits per heavy atom. The van der Waals surface area contributed by atoms with Crippen LogP contribution in [0.3, 0.4) is 0 Å². The zero-order chi connectivity index (χ0) is 11.8. The third-order valence-corrected chi connectivity index (χ3v) is 3.82. The van der Waals surface area contributed by atoms with Crippen molar-refractivity contribution in [3.63, 3.8) is 0 Å². The Morgan fingerprint density at radius 3 is 3.18 bits per heavy atom. The smallest absolute Gasteiger partial charge is 0.132 e. The van der Waals surface area contributed by atoms with Crippen molar-refractivity contribution in [2.75, 3.05) is 6.54 Å². The van der Waals surface area contributed by atoms with Crippen LogP contribution in [0.25, 0.3) is 5.52 Å². The molecule has 1 atom stereocenters. The Bertz CT molecular complexity index is 546. The van der Waals surface area contributed by atoms with Crippen LogP contribution >= 0.6 is 15.9 Å². The van der Waals surface area contributed by atoms with E-state index in [2.05, 4.69) is 26.2 Å². The van der Waals surface area contributed by atoms with Crippen molar-refractivity contribution in [1.29, 1.82) is 0 Å². The molecule has 0 amide bonds. The molecule has 3 rings (SSSR count). The summed E-state index contributed by atoms with van der Waals surface area (Å²) >= 11 is 3.46. The van der Waals surface area contributed by atoms with Crippen LogP contribution in [0.1, 0.15) is 18.7 Å². The first-order valence-corrected chi connectivity index (χ1v) is 6.62. The Kier molecular flexibility index (Phi) is 2.80. The quantitative estimate of drug-likeness (QED) is 0.892. The fourth-order valence-corrected chi connectivity index (χ4v) is 2.92. The van der Waals surface area contributed by atoms with E-state index in [1.165, 1.54) is 12.8 Å². The van der Waals surface area contributed by atoms with Gasteiger partial charge < -0.3 is 10.4 Å². The molecule has 90 valence electrons. The van der Waals surface area contributed by atoms with Gasteiger partial charge in [-0.2, -0.15) is 0 Å². The number of hydrogen-bond donors (Lipinski definition) is 2. The Labute approximate surface area is 108 Å². The van der Waals surface area contributed by atoms with Crippen molar-refractivity contribution < 1.29 is 5.11 Å². The summed E-state index contributed by atoms with van der Waals surface area (Å²) < 4.78 is 2.80. The molecule has 17 heavy (non-hydrogen) atoms. The van der Waals surface area contributed by atoms with Gasteiger partial charge in [0.1, 0.15) is 16.2 Å². The normalized spacial score (nSPS) is 20.2. The van der Waals surface area contributed by atoms with E-state index in [1.54, 1.807) is 12.3 Å². The first-order chi connectivity index (χ1) is 8.24. The van der Waals surface area contributed by atoms with E-state index in [0.717, 1.165) is 28.9 Å². The highest BCUT2D eigenvalue weighted by Gasteiger charge is 2.18. The standard InChI is InChI=1S/C12H14BrN3O/c13-12-10-4-3-9(17)7-16(10)11(15-12)6-8-2-1-5-14-8/h3-4,7-8,14,17H,1-2,5-6H2. The minimum absolute atomic E-state index is 0.267. The van der Waals surface area contributed by atoms with Gasteiger partial charge in [0.2, 0.25) is 0 Å². The van der Waals surface area contributed by atoms with E-state index < -0.39 is 0 Å². The van der Waals surface area contributed by atoms with Crippen molar-refractivity contribution in [3.05, 3.63) is 28.8 Å². The fourth-order valence-electron chi connectivity index (χ4n) is 2.39.